The van der Waals surface area contributed by atoms with Crippen molar-refractivity contribution in [3.05, 3.63) is 84.7 Å². The maximum atomic E-state index is 12.3. The SMILES string of the molecule is NC(=O)c1ccc(-n2c3ccccc3c3c(-c4cncc(O)c4)cccc32)cc1N[C@H]1CC[C@H](O)CC1. The van der Waals surface area contributed by atoms with E-state index in [0.717, 1.165) is 64.3 Å². The Morgan fingerprint density at radius 2 is 1.73 bits per heavy atom. The number of aliphatic hydroxyl groups is 1. The van der Waals surface area contributed by atoms with Crippen LogP contribution in [-0.2, 0) is 0 Å². The summed E-state index contributed by atoms with van der Waals surface area (Å²) in [5.41, 5.74) is 11.6. The first-order valence-corrected chi connectivity index (χ1v) is 12.5. The molecule has 0 unspecified atom stereocenters. The van der Waals surface area contributed by atoms with Crippen molar-refractivity contribution in [1.82, 2.24) is 9.55 Å². The number of para-hydroxylation sites is 1. The fourth-order valence-corrected chi connectivity index (χ4v) is 5.56. The second kappa shape index (κ2) is 9.26. The van der Waals surface area contributed by atoms with E-state index in [1.807, 2.05) is 36.4 Å². The van der Waals surface area contributed by atoms with E-state index in [0.29, 0.717) is 11.3 Å². The number of carbonyl (C=O) groups is 1. The molecule has 6 rings (SSSR count). The Balaban J connectivity index is 1.54. The van der Waals surface area contributed by atoms with E-state index in [4.69, 9.17) is 5.73 Å². The van der Waals surface area contributed by atoms with Crippen LogP contribution in [0.2, 0.25) is 0 Å². The molecule has 2 aromatic heterocycles. The van der Waals surface area contributed by atoms with Crippen LogP contribution in [0.25, 0.3) is 38.6 Å². The van der Waals surface area contributed by atoms with E-state index in [-0.39, 0.29) is 17.9 Å². The van der Waals surface area contributed by atoms with Gasteiger partial charge in [0.15, 0.2) is 0 Å². The average molecular weight is 493 g/mol. The lowest BCUT2D eigenvalue weighted by Crippen LogP contribution is -2.29. The summed E-state index contributed by atoms with van der Waals surface area (Å²) in [5, 5.41) is 25.6. The number of nitrogens with zero attached hydrogens (tertiary/aromatic N) is 2. The topological polar surface area (TPSA) is 113 Å². The quantitative estimate of drug-likeness (QED) is 0.264. The molecule has 0 bridgehead atoms. The summed E-state index contributed by atoms with van der Waals surface area (Å²) in [6.07, 6.45) is 6.07. The number of nitrogens with two attached hydrogens (primary N) is 1. The minimum Gasteiger partial charge on any atom is -0.506 e. The molecule has 7 nitrogen and oxygen atoms in total. The molecule has 37 heavy (non-hydrogen) atoms. The van der Waals surface area contributed by atoms with Crippen LogP contribution in [0.1, 0.15) is 36.0 Å². The van der Waals surface area contributed by atoms with E-state index in [1.54, 1.807) is 18.3 Å². The zero-order chi connectivity index (χ0) is 25.5. The molecule has 0 radical (unpaired) electrons. The van der Waals surface area contributed by atoms with Gasteiger partial charge in [-0.05, 0) is 67.6 Å². The van der Waals surface area contributed by atoms with Gasteiger partial charge in [-0.25, -0.2) is 0 Å². The number of carbonyl (C=O) groups excluding carboxylic acids is 1. The summed E-state index contributed by atoms with van der Waals surface area (Å²) in [4.78, 5) is 16.5. The van der Waals surface area contributed by atoms with Gasteiger partial charge in [-0.1, -0.05) is 30.3 Å². The number of fused-ring (bicyclic) bond motifs is 3. The van der Waals surface area contributed by atoms with Gasteiger partial charge >= 0.3 is 0 Å². The van der Waals surface area contributed by atoms with Gasteiger partial charge < -0.3 is 25.8 Å². The van der Waals surface area contributed by atoms with Crippen molar-refractivity contribution >= 4 is 33.4 Å². The minimum atomic E-state index is -0.481. The highest BCUT2D eigenvalue weighted by Gasteiger charge is 2.22. The summed E-state index contributed by atoms with van der Waals surface area (Å²) in [7, 11) is 0. The normalized spacial score (nSPS) is 17.8. The first kappa shape index (κ1) is 23.1. The molecule has 1 aliphatic rings. The van der Waals surface area contributed by atoms with Crippen molar-refractivity contribution in [2.24, 2.45) is 5.73 Å². The lowest BCUT2D eigenvalue weighted by Gasteiger charge is -2.28. The van der Waals surface area contributed by atoms with Gasteiger partial charge in [0.1, 0.15) is 5.75 Å². The molecule has 5 aromatic rings. The Hall–Kier alpha value is -4.36. The van der Waals surface area contributed by atoms with Crippen LogP contribution in [-0.4, -0.2) is 37.8 Å². The number of hydrogen-bond donors (Lipinski definition) is 4. The van der Waals surface area contributed by atoms with Gasteiger partial charge in [-0.15, -0.1) is 0 Å². The van der Waals surface area contributed by atoms with E-state index in [9.17, 15) is 15.0 Å². The van der Waals surface area contributed by atoms with E-state index >= 15 is 0 Å². The van der Waals surface area contributed by atoms with E-state index in [1.165, 1.54) is 6.20 Å². The highest BCUT2D eigenvalue weighted by atomic mass is 16.3. The number of hydrogen-bond acceptors (Lipinski definition) is 5. The van der Waals surface area contributed by atoms with Gasteiger partial charge in [-0.3, -0.25) is 9.78 Å². The predicted molar refractivity (Wildman–Crippen MR) is 146 cm³/mol. The number of aliphatic hydroxyl groups excluding tert-OH is 1. The van der Waals surface area contributed by atoms with Crippen LogP contribution >= 0.6 is 0 Å². The highest BCUT2D eigenvalue weighted by molar-refractivity contribution is 6.15. The zero-order valence-electron chi connectivity index (χ0n) is 20.3. The van der Waals surface area contributed by atoms with Gasteiger partial charge in [0.2, 0.25) is 0 Å². The van der Waals surface area contributed by atoms with Crippen LogP contribution in [0.15, 0.2) is 79.1 Å². The molecule has 7 heteroatoms. The fraction of sp³-hybridized carbons (Fsp3) is 0.200. The van der Waals surface area contributed by atoms with Crippen molar-refractivity contribution in [3.63, 3.8) is 0 Å². The molecule has 0 aliphatic heterocycles. The lowest BCUT2D eigenvalue weighted by molar-refractivity contribution is 0.100. The molecule has 1 aliphatic carbocycles. The number of aromatic hydroxyl groups is 1. The van der Waals surface area contributed by atoms with Crippen LogP contribution in [0.3, 0.4) is 0 Å². The largest absolute Gasteiger partial charge is 0.506 e. The summed E-state index contributed by atoms with van der Waals surface area (Å²) in [6.45, 7) is 0. The zero-order valence-corrected chi connectivity index (χ0v) is 20.3. The van der Waals surface area contributed by atoms with Gasteiger partial charge in [0.05, 0.1) is 28.9 Å². The third-order valence-corrected chi connectivity index (χ3v) is 7.32. The molecule has 0 spiro atoms. The molecule has 1 fully saturated rings. The number of nitrogens with one attached hydrogen (secondary N) is 1. The molecule has 1 amide bonds. The standard InChI is InChI=1S/C30H28N4O3/c31-30(37)24-13-10-20(15-26(24)33-19-8-11-21(35)12-9-19)34-27-6-2-1-4-25(27)29-23(5-3-7-28(29)34)18-14-22(36)17-32-16-18/h1-7,10,13-17,19,21,33,35-36H,8-9,11-12H2,(H2,31,37)/t19-,21-. The van der Waals surface area contributed by atoms with Crippen molar-refractivity contribution < 1.29 is 15.0 Å². The molecule has 0 saturated heterocycles. The summed E-state index contributed by atoms with van der Waals surface area (Å²) in [5.74, 6) is -0.364. The Kier molecular flexibility index (Phi) is 5.77. The van der Waals surface area contributed by atoms with Gasteiger partial charge in [0, 0.05) is 39.9 Å². The second-order valence-corrected chi connectivity index (χ2v) is 9.73. The third kappa shape index (κ3) is 4.17. The average Bonchev–Trinajstić information content (AvgIpc) is 3.24. The van der Waals surface area contributed by atoms with Crippen molar-refractivity contribution in [2.75, 3.05) is 5.32 Å². The maximum Gasteiger partial charge on any atom is 0.250 e. The van der Waals surface area contributed by atoms with Crippen LogP contribution in [0, 0.1) is 0 Å². The monoisotopic (exact) mass is 492 g/mol. The number of anilines is 1. The Labute approximate surface area is 214 Å². The van der Waals surface area contributed by atoms with E-state index < -0.39 is 5.91 Å². The number of primary amides is 1. The third-order valence-electron chi connectivity index (χ3n) is 7.32. The number of aromatic nitrogens is 2. The minimum absolute atomic E-state index is 0.117. The summed E-state index contributed by atoms with van der Waals surface area (Å²) >= 11 is 0. The molecule has 5 N–H and O–H groups in total. The molecule has 3 aromatic carbocycles. The maximum absolute atomic E-state index is 12.3. The summed E-state index contributed by atoms with van der Waals surface area (Å²) in [6, 6.07) is 21.9. The van der Waals surface area contributed by atoms with Crippen LogP contribution in [0.5, 0.6) is 5.75 Å². The van der Waals surface area contributed by atoms with Gasteiger partial charge in [-0.2, -0.15) is 0 Å². The number of amides is 1. The van der Waals surface area contributed by atoms with E-state index in [2.05, 4.69) is 33.1 Å². The lowest BCUT2D eigenvalue weighted by atomic mass is 9.92. The smallest absolute Gasteiger partial charge is 0.250 e. The van der Waals surface area contributed by atoms with Crippen LogP contribution in [0.4, 0.5) is 5.69 Å². The first-order chi connectivity index (χ1) is 18.0. The number of pyridine rings is 1. The molecular weight excluding hydrogens is 464 g/mol. The van der Waals surface area contributed by atoms with Crippen molar-refractivity contribution in [1.29, 1.82) is 0 Å². The Morgan fingerprint density at radius 1 is 0.946 bits per heavy atom. The molecule has 186 valence electrons. The molecule has 0 atom stereocenters. The van der Waals surface area contributed by atoms with Crippen molar-refractivity contribution in [3.8, 4) is 22.6 Å². The second-order valence-electron chi connectivity index (χ2n) is 9.73. The first-order valence-electron chi connectivity index (χ1n) is 12.5. The molecule has 1 saturated carbocycles. The molecule has 2 heterocycles. The number of rotatable bonds is 5. The van der Waals surface area contributed by atoms with Gasteiger partial charge in [0.25, 0.3) is 5.91 Å². The highest BCUT2D eigenvalue weighted by Crippen LogP contribution is 2.39. The summed E-state index contributed by atoms with van der Waals surface area (Å²) < 4.78 is 2.19. The van der Waals surface area contributed by atoms with Crippen LogP contribution < -0.4 is 11.1 Å². The Morgan fingerprint density at radius 3 is 2.51 bits per heavy atom. The Bertz CT molecular complexity index is 1630. The van der Waals surface area contributed by atoms with Crippen molar-refractivity contribution in [2.45, 2.75) is 37.8 Å². The predicted octanol–water partition coefficient (Wildman–Crippen LogP) is 5.37. The number of benzene rings is 3. The molecular formula is C30H28N4O3. The fourth-order valence-electron chi connectivity index (χ4n) is 5.56.